The van der Waals surface area contributed by atoms with Crippen LogP contribution in [0, 0.1) is 6.92 Å². The molecule has 132 valence electrons. The quantitative estimate of drug-likeness (QED) is 0.697. The number of nitrogens with zero attached hydrogens (tertiary/aromatic N) is 2. The predicted octanol–water partition coefficient (Wildman–Crippen LogP) is 4.13. The van der Waals surface area contributed by atoms with Gasteiger partial charge in [-0.05, 0) is 42.3 Å². The molecule has 2 heterocycles. The lowest BCUT2D eigenvalue weighted by molar-refractivity contribution is 0.370. The van der Waals surface area contributed by atoms with Gasteiger partial charge < -0.3 is 4.42 Å². The van der Waals surface area contributed by atoms with Crippen LogP contribution in [0.3, 0.4) is 0 Å². The Labute approximate surface area is 152 Å². The highest BCUT2D eigenvalue weighted by Gasteiger charge is 2.38. The van der Waals surface area contributed by atoms with E-state index in [0.29, 0.717) is 17.9 Å². The summed E-state index contributed by atoms with van der Waals surface area (Å²) >= 11 is 0. The van der Waals surface area contributed by atoms with Crippen LogP contribution < -0.4 is 0 Å². The molecule has 0 unspecified atom stereocenters. The van der Waals surface area contributed by atoms with Crippen LogP contribution in [-0.4, -0.2) is 18.5 Å². The Morgan fingerprint density at radius 1 is 1.00 bits per heavy atom. The second kappa shape index (κ2) is 6.46. The van der Waals surface area contributed by atoms with Crippen molar-refractivity contribution < 1.29 is 12.8 Å². The fourth-order valence-electron chi connectivity index (χ4n) is 3.19. The molecular weight excluding hydrogens is 348 g/mol. The number of benzene rings is 2. The zero-order valence-corrected chi connectivity index (χ0v) is 15.1. The monoisotopic (exact) mass is 366 g/mol. The number of aryl methyl sites for hydroxylation is 1. The topological polar surface area (TPSA) is 62.9 Å². The highest BCUT2D eigenvalue weighted by atomic mass is 32.2. The van der Waals surface area contributed by atoms with Crippen LogP contribution in [0.4, 0.5) is 0 Å². The van der Waals surface area contributed by atoms with Gasteiger partial charge in [-0.3, -0.25) is 0 Å². The molecule has 0 spiro atoms. The largest absolute Gasteiger partial charge is 0.463 e. The zero-order chi connectivity index (χ0) is 18.1. The molecule has 0 fully saturated rings. The summed E-state index contributed by atoms with van der Waals surface area (Å²) in [5, 5.41) is 4.45. The van der Waals surface area contributed by atoms with Crippen LogP contribution in [0.5, 0.6) is 0 Å². The average Bonchev–Trinajstić information content (AvgIpc) is 3.33. The highest BCUT2D eigenvalue weighted by Crippen LogP contribution is 2.38. The first-order valence-electron chi connectivity index (χ1n) is 8.34. The molecular formula is C20H18N2O3S. The number of hydrogen-bond donors (Lipinski definition) is 0. The molecule has 1 aliphatic rings. The van der Waals surface area contributed by atoms with Gasteiger partial charge in [-0.15, -0.1) is 0 Å². The van der Waals surface area contributed by atoms with Gasteiger partial charge in [0.05, 0.1) is 17.2 Å². The molecule has 1 aromatic heterocycles. The summed E-state index contributed by atoms with van der Waals surface area (Å²) in [6, 6.07) is 19.4. The van der Waals surface area contributed by atoms with Gasteiger partial charge in [0.2, 0.25) is 0 Å². The number of hydrazone groups is 1. The molecule has 0 N–H and O–H groups in total. The van der Waals surface area contributed by atoms with E-state index in [0.717, 1.165) is 11.1 Å². The molecule has 0 bridgehead atoms. The minimum atomic E-state index is -3.77. The first-order valence-corrected chi connectivity index (χ1v) is 9.78. The van der Waals surface area contributed by atoms with Gasteiger partial charge >= 0.3 is 0 Å². The fourth-order valence-corrected chi connectivity index (χ4v) is 4.64. The third-order valence-corrected chi connectivity index (χ3v) is 6.21. The third-order valence-electron chi connectivity index (χ3n) is 4.51. The van der Waals surface area contributed by atoms with Gasteiger partial charge in [-0.2, -0.15) is 17.9 Å². The number of furan rings is 1. The fraction of sp³-hybridized carbons (Fsp3) is 0.150. The lowest BCUT2D eigenvalue weighted by atomic mass is 9.98. The molecule has 2 aromatic carbocycles. The molecule has 0 amide bonds. The van der Waals surface area contributed by atoms with E-state index in [1.54, 1.807) is 48.7 Å². The van der Waals surface area contributed by atoms with Gasteiger partial charge in [0.25, 0.3) is 10.0 Å². The zero-order valence-electron chi connectivity index (χ0n) is 14.2. The number of hydrogen-bond acceptors (Lipinski definition) is 4. The molecule has 4 rings (SSSR count). The maximum atomic E-state index is 13.2. The van der Waals surface area contributed by atoms with Crippen LogP contribution in [0.1, 0.15) is 29.3 Å². The summed E-state index contributed by atoms with van der Waals surface area (Å²) in [4.78, 5) is 0.225. The maximum absolute atomic E-state index is 13.2. The van der Waals surface area contributed by atoms with Crippen molar-refractivity contribution in [2.24, 2.45) is 5.10 Å². The summed E-state index contributed by atoms with van der Waals surface area (Å²) in [5.41, 5.74) is 2.60. The first kappa shape index (κ1) is 16.6. The SMILES string of the molecule is Cc1ccccc1[C@@H]1CC(c2ccco2)=NN1S(=O)(=O)c1ccccc1. The second-order valence-electron chi connectivity index (χ2n) is 6.19. The van der Waals surface area contributed by atoms with Crippen molar-refractivity contribution in [2.45, 2.75) is 24.3 Å². The maximum Gasteiger partial charge on any atom is 0.279 e. The number of sulfonamides is 1. The number of rotatable bonds is 4. The van der Waals surface area contributed by atoms with Gasteiger partial charge in [-0.25, -0.2) is 0 Å². The van der Waals surface area contributed by atoms with E-state index < -0.39 is 16.1 Å². The summed E-state index contributed by atoms with van der Waals surface area (Å²) in [5.74, 6) is 0.592. The van der Waals surface area contributed by atoms with Crippen LogP contribution >= 0.6 is 0 Å². The van der Waals surface area contributed by atoms with Crippen LogP contribution in [0.15, 0.2) is 87.4 Å². The van der Waals surface area contributed by atoms with Crippen molar-refractivity contribution in [1.82, 2.24) is 4.41 Å². The Morgan fingerprint density at radius 2 is 1.73 bits per heavy atom. The molecule has 5 nitrogen and oxygen atoms in total. The Bertz CT molecular complexity index is 1040. The predicted molar refractivity (Wildman–Crippen MR) is 99.2 cm³/mol. The van der Waals surface area contributed by atoms with Crippen LogP contribution in [0.25, 0.3) is 0 Å². The Hall–Kier alpha value is -2.86. The molecule has 0 aliphatic carbocycles. The average molecular weight is 366 g/mol. The Balaban J connectivity index is 1.83. The lowest BCUT2D eigenvalue weighted by Gasteiger charge is -2.24. The van der Waals surface area contributed by atoms with Gasteiger partial charge in [0.15, 0.2) is 0 Å². The smallest absolute Gasteiger partial charge is 0.279 e. The Kier molecular flexibility index (Phi) is 4.12. The van der Waals surface area contributed by atoms with E-state index in [1.807, 2.05) is 31.2 Å². The van der Waals surface area contributed by atoms with Crippen molar-refractivity contribution in [1.29, 1.82) is 0 Å². The minimum Gasteiger partial charge on any atom is -0.463 e. The van der Waals surface area contributed by atoms with Crippen molar-refractivity contribution >= 4 is 15.7 Å². The lowest BCUT2D eigenvalue weighted by Crippen LogP contribution is -2.27. The summed E-state index contributed by atoms with van der Waals surface area (Å²) in [7, 11) is -3.77. The van der Waals surface area contributed by atoms with E-state index >= 15 is 0 Å². The van der Waals surface area contributed by atoms with E-state index in [1.165, 1.54) is 4.41 Å². The van der Waals surface area contributed by atoms with E-state index in [9.17, 15) is 8.42 Å². The molecule has 6 heteroatoms. The second-order valence-corrected chi connectivity index (χ2v) is 7.99. The van der Waals surface area contributed by atoms with E-state index in [-0.39, 0.29) is 4.90 Å². The van der Waals surface area contributed by atoms with E-state index in [2.05, 4.69) is 5.10 Å². The molecule has 0 saturated heterocycles. The third kappa shape index (κ3) is 2.82. The summed E-state index contributed by atoms with van der Waals surface area (Å²) < 4.78 is 33.1. The molecule has 0 radical (unpaired) electrons. The van der Waals surface area contributed by atoms with Gasteiger partial charge in [0, 0.05) is 6.42 Å². The molecule has 1 atom stereocenters. The molecule has 26 heavy (non-hydrogen) atoms. The van der Waals surface area contributed by atoms with Crippen molar-refractivity contribution in [2.75, 3.05) is 0 Å². The first-order chi connectivity index (χ1) is 12.6. The van der Waals surface area contributed by atoms with Crippen LogP contribution in [0.2, 0.25) is 0 Å². The van der Waals surface area contributed by atoms with Crippen LogP contribution in [-0.2, 0) is 10.0 Å². The van der Waals surface area contributed by atoms with Crippen molar-refractivity contribution in [3.63, 3.8) is 0 Å². The summed E-state index contributed by atoms with van der Waals surface area (Å²) in [6.07, 6.45) is 2.03. The van der Waals surface area contributed by atoms with Crippen molar-refractivity contribution in [3.8, 4) is 0 Å². The molecule has 1 aliphatic heterocycles. The highest BCUT2D eigenvalue weighted by molar-refractivity contribution is 7.89. The molecule has 3 aromatic rings. The summed E-state index contributed by atoms with van der Waals surface area (Å²) in [6.45, 7) is 1.98. The Morgan fingerprint density at radius 3 is 2.42 bits per heavy atom. The van der Waals surface area contributed by atoms with Crippen molar-refractivity contribution in [3.05, 3.63) is 89.9 Å². The van der Waals surface area contributed by atoms with Gasteiger partial charge in [0.1, 0.15) is 11.5 Å². The normalized spacial score (nSPS) is 17.3. The minimum absolute atomic E-state index is 0.225. The van der Waals surface area contributed by atoms with E-state index in [4.69, 9.17) is 4.42 Å². The molecule has 0 saturated carbocycles. The van der Waals surface area contributed by atoms with Gasteiger partial charge in [-0.1, -0.05) is 42.5 Å². The standard InChI is InChI=1S/C20H18N2O3S/c1-15-8-5-6-11-17(15)19-14-18(20-12-7-13-25-20)21-22(19)26(23,24)16-9-3-2-4-10-16/h2-13,19H,14H2,1H3/t19-/m0/s1.